The molecular weight excluding hydrogens is 284 g/mol. The first-order chi connectivity index (χ1) is 8.16. The van der Waals surface area contributed by atoms with Gasteiger partial charge in [-0.25, -0.2) is 0 Å². The predicted molar refractivity (Wildman–Crippen MR) is 70.1 cm³/mol. The Morgan fingerprint density at radius 2 is 2.41 bits per heavy atom. The Balaban J connectivity index is 1.99. The van der Waals surface area contributed by atoms with Gasteiger partial charge < -0.3 is 15.4 Å². The van der Waals surface area contributed by atoms with Gasteiger partial charge in [0.05, 0.1) is 13.2 Å². The molecule has 1 aromatic rings. The first kappa shape index (κ1) is 12.5. The van der Waals surface area contributed by atoms with Crippen molar-refractivity contribution in [2.75, 3.05) is 25.1 Å². The summed E-state index contributed by atoms with van der Waals surface area (Å²) in [5.41, 5.74) is 1.93. The summed E-state index contributed by atoms with van der Waals surface area (Å²) < 4.78 is 6.24. The maximum absolute atomic E-state index is 11.9. The van der Waals surface area contributed by atoms with Crippen LogP contribution in [0.1, 0.15) is 5.56 Å². The van der Waals surface area contributed by atoms with Crippen molar-refractivity contribution in [3.05, 3.63) is 28.2 Å². The second-order valence-corrected chi connectivity index (χ2v) is 4.89. The van der Waals surface area contributed by atoms with Crippen molar-refractivity contribution in [1.29, 1.82) is 0 Å². The lowest BCUT2D eigenvalue weighted by molar-refractivity contribution is -0.120. The van der Waals surface area contributed by atoms with Gasteiger partial charge in [0, 0.05) is 16.7 Å². The molecule has 1 unspecified atom stereocenters. The number of hydrogen-bond donors (Lipinski definition) is 2. The van der Waals surface area contributed by atoms with Crippen molar-refractivity contribution in [2.45, 2.75) is 13.0 Å². The molecule has 1 amide bonds. The second kappa shape index (κ2) is 5.62. The molecule has 0 spiro atoms. The lowest BCUT2D eigenvalue weighted by atomic mass is 10.2. The molecule has 1 atom stereocenters. The van der Waals surface area contributed by atoms with E-state index in [0.29, 0.717) is 13.2 Å². The van der Waals surface area contributed by atoms with Gasteiger partial charge in [0.25, 0.3) is 0 Å². The lowest BCUT2D eigenvalue weighted by Crippen LogP contribution is -2.48. The molecule has 0 aliphatic carbocycles. The second-order valence-electron chi connectivity index (χ2n) is 4.03. The van der Waals surface area contributed by atoms with Crippen LogP contribution in [-0.4, -0.2) is 31.7 Å². The van der Waals surface area contributed by atoms with E-state index in [1.54, 1.807) is 0 Å². The number of rotatable bonds is 2. The van der Waals surface area contributed by atoms with Crippen LogP contribution >= 0.6 is 15.9 Å². The fraction of sp³-hybridized carbons (Fsp3) is 0.417. The van der Waals surface area contributed by atoms with Crippen LogP contribution < -0.4 is 10.6 Å². The van der Waals surface area contributed by atoms with Crippen molar-refractivity contribution < 1.29 is 9.53 Å². The number of morpholine rings is 1. The van der Waals surface area contributed by atoms with Crippen molar-refractivity contribution >= 4 is 27.5 Å². The fourth-order valence-corrected chi connectivity index (χ4v) is 2.01. The summed E-state index contributed by atoms with van der Waals surface area (Å²) in [6, 6.07) is 5.49. The number of carbonyl (C=O) groups excluding carboxylic acids is 1. The van der Waals surface area contributed by atoms with E-state index in [1.807, 2.05) is 25.1 Å². The van der Waals surface area contributed by atoms with Gasteiger partial charge >= 0.3 is 0 Å². The van der Waals surface area contributed by atoms with E-state index in [1.165, 1.54) is 0 Å². The molecule has 92 valence electrons. The number of amides is 1. The zero-order valence-electron chi connectivity index (χ0n) is 9.63. The number of aryl methyl sites for hydroxylation is 1. The number of benzene rings is 1. The molecule has 1 aromatic carbocycles. The molecule has 1 aliphatic rings. The van der Waals surface area contributed by atoms with Crippen LogP contribution in [-0.2, 0) is 9.53 Å². The SMILES string of the molecule is Cc1ccc(NC(=O)C2COCCN2)cc1Br. The summed E-state index contributed by atoms with van der Waals surface area (Å²) in [7, 11) is 0. The summed E-state index contributed by atoms with van der Waals surface area (Å²) in [5.74, 6) is -0.0551. The minimum absolute atomic E-state index is 0.0551. The average molecular weight is 299 g/mol. The number of halogens is 1. The maximum atomic E-state index is 11.9. The van der Waals surface area contributed by atoms with E-state index in [9.17, 15) is 4.79 Å². The van der Waals surface area contributed by atoms with E-state index >= 15 is 0 Å². The van der Waals surface area contributed by atoms with E-state index in [-0.39, 0.29) is 11.9 Å². The zero-order valence-corrected chi connectivity index (χ0v) is 11.2. The molecule has 17 heavy (non-hydrogen) atoms. The number of nitrogens with one attached hydrogen (secondary N) is 2. The monoisotopic (exact) mass is 298 g/mol. The first-order valence-corrected chi connectivity index (χ1v) is 6.34. The summed E-state index contributed by atoms with van der Waals surface area (Å²) in [5, 5.41) is 5.98. The van der Waals surface area contributed by atoms with Crippen molar-refractivity contribution in [1.82, 2.24) is 5.32 Å². The smallest absolute Gasteiger partial charge is 0.243 e. The molecule has 1 saturated heterocycles. The van der Waals surface area contributed by atoms with Crippen LogP contribution in [0.3, 0.4) is 0 Å². The summed E-state index contributed by atoms with van der Waals surface area (Å²) in [6.45, 7) is 3.82. The topological polar surface area (TPSA) is 50.4 Å². The highest BCUT2D eigenvalue weighted by molar-refractivity contribution is 9.10. The standard InChI is InChI=1S/C12H15BrN2O2/c1-8-2-3-9(6-10(8)13)15-12(16)11-7-17-5-4-14-11/h2-3,6,11,14H,4-5,7H2,1H3,(H,15,16). The van der Waals surface area contributed by atoms with Crippen LogP contribution in [0.25, 0.3) is 0 Å². The summed E-state index contributed by atoms with van der Waals surface area (Å²) in [6.07, 6.45) is 0. The van der Waals surface area contributed by atoms with Gasteiger partial charge in [-0.3, -0.25) is 4.79 Å². The summed E-state index contributed by atoms with van der Waals surface area (Å²) in [4.78, 5) is 11.9. The molecule has 0 saturated carbocycles. The van der Waals surface area contributed by atoms with E-state index in [0.717, 1.165) is 22.3 Å². The molecule has 2 rings (SSSR count). The average Bonchev–Trinajstić information content (AvgIpc) is 2.35. The normalized spacial score (nSPS) is 20.0. The van der Waals surface area contributed by atoms with Crippen LogP contribution in [0.4, 0.5) is 5.69 Å². The quantitative estimate of drug-likeness (QED) is 0.873. The van der Waals surface area contributed by atoms with E-state index in [2.05, 4.69) is 26.6 Å². The van der Waals surface area contributed by atoms with Crippen molar-refractivity contribution in [3.8, 4) is 0 Å². The maximum Gasteiger partial charge on any atom is 0.243 e. The lowest BCUT2D eigenvalue weighted by Gasteiger charge is -2.22. The minimum Gasteiger partial charge on any atom is -0.378 e. The largest absolute Gasteiger partial charge is 0.378 e. The third-order valence-corrected chi connectivity index (χ3v) is 3.53. The summed E-state index contributed by atoms with van der Waals surface area (Å²) >= 11 is 3.44. The Morgan fingerprint density at radius 1 is 1.59 bits per heavy atom. The Morgan fingerprint density at radius 3 is 3.06 bits per heavy atom. The zero-order chi connectivity index (χ0) is 12.3. The first-order valence-electron chi connectivity index (χ1n) is 5.55. The van der Waals surface area contributed by atoms with Crippen LogP contribution in [0.2, 0.25) is 0 Å². The molecule has 1 heterocycles. The molecule has 1 aliphatic heterocycles. The van der Waals surface area contributed by atoms with Gasteiger partial charge in [0.1, 0.15) is 6.04 Å². The minimum atomic E-state index is -0.260. The number of anilines is 1. The van der Waals surface area contributed by atoms with Crippen LogP contribution in [0.15, 0.2) is 22.7 Å². The van der Waals surface area contributed by atoms with Crippen LogP contribution in [0.5, 0.6) is 0 Å². The Hall–Kier alpha value is -0.910. The molecule has 1 fully saturated rings. The van der Waals surface area contributed by atoms with Crippen molar-refractivity contribution in [3.63, 3.8) is 0 Å². The van der Waals surface area contributed by atoms with Gasteiger partial charge in [-0.05, 0) is 24.6 Å². The fourth-order valence-electron chi connectivity index (χ4n) is 1.63. The number of ether oxygens (including phenoxy) is 1. The molecule has 0 aromatic heterocycles. The highest BCUT2D eigenvalue weighted by atomic mass is 79.9. The number of hydrogen-bond acceptors (Lipinski definition) is 3. The van der Waals surface area contributed by atoms with Crippen LogP contribution in [0, 0.1) is 6.92 Å². The Labute approximate surface area is 109 Å². The molecule has 4 nitrogen and oxygen atoms in total. The van der Waals surface area contributed by atoms with E-state index in [4.69, 9.17) is 4.74 Å². The predicted octanol–water partition coefficient (Wildman–Crippen LogP) is 1.68. The highest BCUT2D eigenvalue weighted by Crippen LogP contribution is 2.20. The van der Waals surface area contributed by atoms with Gasteiger partial charge in [0.15, 0.2) is 0 Å². The molecule has 0 radical (unpaired) electrons. The molecule has 5 heteroatoms. The van der Waals surface area contributed by atoms with Gasteiger partial charge in [-0.15, -0.1) is 0 Å². The van der Waals surface area contributed by atoms with Gasteiger partial charge in [-0.2, -0.15) is 0 Å². The molecule has 0 bridgehead atoms. The highest BCUT2D eigenvalue weighted by Gasteiger charge is 2.21. The molecule has 2 N–H and O–H groups in total. The van der Waals surface area contributed by atoms with Crippen molar-refractivity contribution in [2.24, 2.45) is 0 Å². The third kappa shape index (κ3) is 3.28. The Kier molecular flexibility index (Phi) is 4.15. The number of carbonyl (C=O) groups is 1. The van der Waals surface area contributed by atoms with Gasteiger partial charge in [0.2, 0.25) is 5.91 Å². The Bertz CT molecular complexity index is 417. The van der Waals surface area contributed by atoms with E-state index < -0.39 is 0 Å². The van der Waals surface area contributed by atoms with Gasteiger partial charge in [-0.1, -0.05) is 22.0 Å². The third-order valence-electron chi connectivity index (χ3n) is 2.68. The molecular formula is C12H15BrN2O2.